The van der Waals surface area contributed by atoms with Crippen molar-refractivity contribution in [3.63, 3.8) is 0 Å². The summed E-state index contributed by atoms with van der Waals surface area (Å²) in [5.74, 6) is 0. The molecule has 0 heterocycles. The van der Waals surface area contributed by atoms with E-state index in [9.17, 15) is 0 Å². The van der Waals surface area contributed by atoms with Gasteiger partial charge < -0.3 is 0 Å². The first-order valence-corrected chi connectivity index (χ1v) is 9.14. The van der Waals surface area contributed by atoms with Gasteiger partial charge in [0, 0.05) is 7.14 Å². The third-order valence-corrected chi connectivity index (χ3v) is 6.81. The van der Waals surface area contributed by atoms with Crippen molar-refractivity contribution < 1.29 is 0 Å². The van der Waals surface area contributed by atoms with Crippen LogP contribution in [0.3, 0.4) is 0 Å². The van der Waals surface area contributed by atoms with Gasteiger partial charge in [-0.25, -0.2) is 0 Å². The molecule has 0 amide bonds. The van der Waals surface area contributed by atoms with E-state index < -0.39 is 0 Å². The molecule has 0 aromatic heterocycles. The molecule has 0 bridgehead atoms. The number of aryl methyl sites for hydroxylation is 2. The fourth-order valence-corrected chi connectivity index (χ4v) is 4.04. The molecule has 3 rings (SSSR count). The van der Waals surface area contributed by atoms with Gasteiger partial charge in [0.05, 0.1) is 0 Å². The highest BCUT2D eigenvalue weighted by Gasteiger charge is 2.13. The van der Waals surface area contributed by atoms with E-state index in [1.165, 1.54) is 39.8 Å². The summed E-state index contributed by atoms with van der Waals surface area (Å²) in [6.07, 6.45) is 2.16. The molecular formula is C18H16I2. The van der Waals surface area contributed by atoms with Crippen LogP contribution in [0.5, 0.6) is 0 Å². The molecule has 2 heteroatoms. The van der Waals surface area contributed by atoms with Crippen molar-refractivity contribution in [2.45, 2.75) is 26.7 Å². The number of fused-ring (bicyclic) bond motifs is 2. The summed E-state index contributed by atoms with van der Waals surface area (Å²) in [5, 5.41) is 5.73. The lowest BCUT2D eigenvalue weighted by Gasteiger charge is -2.16. The minimum atomic E-state index is 1.08. The van der Waals surface area contributed by atoms with Crippen LogP contribution in [0.4, 0.5) is 0 Å². The molecule has 0 aliphatic heterocycles. The topological polar surface area (TPSA) is 0 Å². The summed E-state index contributed by atoms with van der Waals surface area (Å²) in [7, 11) is 0. The Morgan fingerprint density at radius 3 is 1.45 bits per heavy atom. The van der Waals surface area contributed by atoms with E-state index in [-0.39, 0.29) is 0 Å². The first-order chi connectivity index (χ1) is 9.67. The van der Waals surface area contributed by atoms with Crippen LogP contribution in [0.25, 0.3) is 21.5 Å². The van der Waals surface area contributed by atoms with Gasteiger partial charge in [0.15, 0.2) is 0 Å². The normalized spacial score (nSPS) is 11.4. The van der Waals surface area contributed by atoms with Crippen molar-refractivity contribution in [3.8, 4) is 0 Å². The van der Waals surface area contributed by atoms with Crippen LogP contribution in [-0.2, 0) is 12.8 Å². The minimum Gasteiger partial charge on any atom is -0.0616 e. The number of hydrogen-bond donors (Lipinski definition) is 0. The van der Waals surface area contributed by atoms with Crippen molar-refractivity contribution in [1.82, 2.24) is 0 Å². The lowest BCUT2D eigenvalue weighted by atomic mass is 9.90. The second kappa shape index (κ2) is 5.79. The molecule has 0 saturated heterocycles. The first kappa shape index (κ1) is 14.6. The van der Waals surface area contributed by atoms with Crippen molar-refractivity contribution in [3.05, 3.63) is 54.7 Å². The maximum absolute atomic E-state index is 2.45. The predicted octanol–water partition coefficient (Wildman–Crippen LogP) is 6.33. The van der Waals surface area contributed by atoms with Crippen molar-refractivity contribution in [2.75, 3.05) is 0 Å². The lowest BCUT2D eigenvalue weighted by molar-refractivity contribution is 1.15. The van der Waals surface area contributed by atoms with Crippen molar-refractivity contribution >= 4 is 66.7 Å². The van der Waals surface area contributed by atoms with Crippen LogP contribution < -0.4 is 0 Å². The predicted molar refractivity (Wildman–Crippen MR) is 106 cm³/mol. The third-order valence-electron chi connectivity index (χ3n) is 4.00. The molecule has 20 heavy (non-hydrogen) atoms. The summed E-state index contributed by atoms with van der Waals surface area (Å²) in [6.45, 7) is 4.52. The monoisotopic (exact) mass is 486 g/mol. The summed E-state index contributed by atoms with van der Waals surface area (Å²) < 4.78 is 2.70. The second-order valence-corrected chi connectivity index (χ2v) is 7.35. The highest BCUT2D eigenvalue weighted by atomic mass is 127. The van der Waals surface area contributed by atoms with Crippen LogP contribution in [0.2, 0.25) is 0 Å². The Hall–Kier alpha value is -0.360. The molecule has 0 spiro atoms. The lowest BCUT2D eigenvalue weighted by Crippen LogP contribution is -1.95. The Morgan fingerprint density at radius 1 is 0.700 bits per heavy atom. The maximum Gasteiger partial charge on any atom is 0.0270 e. The number of benzene rings is 3. The standard InChI is InChI=1S/C18H16I2/c1-3-11-13-7-5-6-8-14(13)12(4-2)16-10-18(20)17(19)9-15(11)16/h5-10H,3-4H2,1-2H3. The fourth-order valence-electron chi connectivity index (χ4n) is 3.11. The van der Waals surface area contributed by atoms with E-state index in [4.69, 9.17) is 0 Å². The second-order valence-electron chi connectivity index (χ2n) is 5.02. The Labute approximate surface area is 147 Å². The minimum absolute atomic E-state index is 1.08. The molecule has 0 fully saturated rings. The summed E-state index contributed by atoms with van der Waals surface area (Å²) in [5.41, 5.74) is 2.98. The molecule has 0 radical (unpaired) electrons. The quantitative estimate of drug-likeness (QED) is 0.294. The van der Waals surface area contributed by atoms with Crippen LogP contribution in [-0.4, -0.2) is 0 Å². The number of rotatable bonds is 2. The molecule has 0 N–H and O–H groups in total. The smallest absolute Gasteiger partial charge is 0.0270 e. The third kappa shape index (κ3) is 2.25. The van der Waals surface area contributed by atoms with Crippen molar-refractivity contribution in [1.29, 1.82) is 0 Å². The van der Waals surface area contributed by atoms with E-state index in [0.717, 1.165) is 12.8 Å². The summed E-state index contributed by atoms with van der Waals surface area (Å²) >= 11 is 4.89. The van der Waals surface area contributed by atoms with Gasteiger partial charge in [-0.2, -0.15) is 0 Å². The fraction of sp³-hybridized carbons (Fsp3) is 0.222. The molecular weight excluding hydrogens is 470 g/mol. The SMILES string of the molecule is CCc1c2ccccc2c(CC)c2cc(I)c(I)cc12. The largest absolute Gasteiger partial charge is 0.0616 e. The molecule has 102 valence electrons. The van der Waals surface area contributed by atoms with E-state index in [1.807, 2.05) is 0 Å². The molecule has 0 saturated carbocycles. The van der Waals surface area contributed by atoms with Crippen LogP contribution >= 0.6 is 45.2 Å². The zero-order valence-corrected chi connectivity index (χ0v) is 15.9. The zero-order valence-electron chi connectivity index (χ0n) is 11.6. The Balaban J connectivity index is 2.61. The molecule has 0 atom stereocenters. The van der Waals surface area contributed by atoms with Gasteiger partial charge >= 0.3 is 0 Å². The van der Waals surface area contributed by atoms with E-state index in [0.29, 0.717) is 0 Å². The van der Waals surface area contributed by atoms with E-state index in [2.05, 4.69) is 95.4 Å². The Morgan fingerprint density at radius 2 is 1.10 bits per heavy atom. The molecule has 0 aliphatic rings. The number of halogens is 2. The molecule has 3 aromatic carbocycles. The Kier molecular flexibility index (Phi) is 4.22. The number of hydrogen-bond acceptors (Lipinski definition) is 0. The summed E-state index contributed by atoms with van der Waals surface area (Å²) in [6, 6.07) is 13.6. The van der Waals surface area contributed by atoms with Gasteiger partial charge in [-0.15, -0.1) is 0 Å². The van der Waals surface area contributed by atoms with Gasteiger partial charge in [-0.1, -0.05) is 38.1 Å². The Bertz CT molecular complexity index is 735. The molecule has 0 nitrogen and oxygen atoms in total. The van der Waals surface area contributed by atoms with Gasteiger partial charge in [-0.05, 0) is 103 Å². The van der Waals surface area contributed by atoms with Crippen LogP contribution in [0.15, 0.2) is 36.4 Å². The van der Waals surface area contributed by atoms with Gasteiger partial charge in [0.2, 0.25) is 0 Å². The van der Waals surface area contributed by atoms with E-state index >= 15 is 0 Å². The molecule has 0 aliphatic carbocycles. The first-order valence-electron chi connectivity index (χ1n) is 6.98. The van der Waals surface area contributed by atoms with Gasteiger partial charge in [-0.3, -0.25) is 0 Å². The van der Waals surface area contributed by atoms with Crippen LogP contribution in [0, 0.1) is 7.14 Å². The molecule has 3 aromatic rings. The van der Waals surface area contributed by atoms with Crippen molar-refractivity contribution in [2.24, 2.45) is 0 Å². The highest BCUT2D eigenvalue weighted by Crippen LogP contribution is 2.35. The highest BCUT2D eigenvalue weighted by molar-refractivity contribution is 14.1. The molecule has 0 unspecified atom stereocenters. The summed E-state index contributed by atoms with van der Waals surface area (Å²) in [4.78, 5) is 0. The average Bonchev–Trinajstić information content (AvgIpc) is 2.46. The average molecular weight is 486 g/mol. The van der Waals surface area contributed by atoms with Crippen LogP contribution in [0.1, 0.15) is 25.0 Å². The van der Waals surface area contributed by atoms with Gasteiger partial charge in [0.1, 0.15) is 0 Å². The maximum atomic E-state index is 2.45. The van der Waals surface area contributed by atoms with E-state index in [1.54, 1.807) is 0 Å². The van der Waals surface area contributed by atoms with Gasteiger partial charge in [0.25, 0.3) is 0 Å². The zero-order chi connectivity index (χ0) is 14.3.